The first-order chi connectivity index (χ1) is 11.9. The average molecular weight is 341 g/mol. The second-order valence-electron chi connectivity index (χ2n) is 6.88. The Morgan fingerprint density at radius 3 is 2.56 bits per heavy atom. The van der Waals surface area contributed by atoms with Gasteiger partial charge in [0.25, 0.3) is 0 Å². The molecule has 0 radical (unpaired) electrons. The van der Waals surface area contributed by atoms with Crippen LogP contribution < -0.4 is 10.6 Å². The number of rotatable bonds is 6. The largest absolute Gasteiger partial charge is 0.399 e. The minimum atomic E-state index is -0.283. The van der Waals surface area contributed by atoms with Crippen molar-refractivity contribution in [2.24, 2.45) is 5.92 Å². The molecular weight excluding hydrogens is 317 g/mol. The maximum absolute atomic E-state index is 13.5. The summed E-state index contributed by atoms with van der Waals surface area (Å²) in [6, 6.07) is 12.2. The topological polar surface area (TPSA) is 49.6 Å². The molecule has 4 nitrogen and oxygen atoms in total. The fourth-order valence-corrected chi connectivity index (χ4v) is 3.03. The smallest absolute Gasteiger partial charge is 0.226 e. The minimum Gasteiger partial charge on any atom is -0.399 e. The molecular formula is C20H24FN3O. The average Bonchev–Trinajstić information content (AvgIpc) is 3.38. The summed E-state index contributed by atoms with van der Waals surface area (Å²) in [5, 5.41) is 0. The van der Waals surface area contributed by atoms with E-state index in [1.807, 2.05) is 48.2 Å². The van der Waals surface area contributed by atoms with Crippen molar-refractivity contribution < 1.29 is 9.18 Å². The molecule has 0 atom stereocenters. The third-order valence-electron chi connectivity index (χ3n) is 4.45. The van der Waals surface area contributed by atoms with Gasteiger partial charge in [-0.1, -0.05) is 12.1 Å². The Labute approximate surface area is 148 Å². The number of nitrogens with two attached hydrogens (primary N) is 1. The fraction of sp³-hybridized carbons (Fsp3) is 0.350. The van der Waals surface area contributed by atoms with Crippen LogP contribution in [-0.2, 0) is 17.9 Å². The number of anilines is 2. The third kappa shape index (κ3) is 4.29. The molecule has 0 saturated heterocycles. The Bertz CT molecular complexity index is 771. The number of carbonyl (C=O) groups excluding carboxylic acids is 1. The number of nitrogens with zero attached hydrogens (tertiary/aromatic N) is 2. The standard InChI is InChI=1S/C20H24FN3O/c1-23(2)19-9-8-18(22)11-16(19)13-24(20(25)15-6-7-15)12-14-4-3-5-17(21)10-14/h3-5,8-11,15H,6-7,12-13,22H2,1-2H3. The van der Waals surface area contributed by atoms with Crippen molar-refractivity contribution in [3.05, 3.63) is 59.4 Å². The van der Waals surface area contributed by atoms with Gasteiger partial charge in [-0.15, -0.1) is 0 Å². The second-order valence-corrected chi connectivity index (χ2v) is 6.88. The van der Waals surface area contributed by atoms with Gasteiger partial charge >= 0.3 is 0 Å². The summed E-state index contributed by atoms with van der Waals surface area (Å²) in [5.41, 5.74) is 9.45. The van der Waals surface area contributed by atoms with Crippen LogP contribution in [0.3, 0.4) is 0 Å². The molecule has 0 spiro atoms. The predicted molar refractivity (Wildman–Crippen MR) is 98.6 cm³/mol. The van der Waals surface area contributed by atoms with Crippen molar-refractivity contribution in [1.29, 1.82) is 0 Å². The highest BCUT2D eigenvalue weighted by molar-refractivity contribution is 5.81. The maximum Gasteiger partial charge on any atom is 0.226 e. The number of nitrogen functional groups attached to an aromatic ring is 1. The van der Waals surface area contributed by atoms with E-state index in [0.29, 0.717) is 18.8 Å². The molecule has 0 unspecified atom stereocenters. The predicted octanol–water partition coefficient (Wildman–Crippen LogP) is 3.41. The zero-order valence-electron chi connectivity index (χ0n) is 14.7. The van der Waals surface area contributed by atoms with Crippen molar-refractivity contribution in [1.82, 2.24) is 4.90 Å². The van der Waals surface area contributed by atoms with Crippen LogP contribution in [0.25, 0.3) is 0 Å². The molecule has 2 N–H and O–H groups in total. The van der Waals surface area contributed by atoms with Crippen LogP contribution in [0, 0.1) is 11.7 Å². The molecule has 132 valence electrons. The van der Waals surface area contributed by atoms with Crippen LogP contribution in [0.5, 0.6) is 0 Å². The maximum atomic E-state index is 13.5. The van der Waals surface area contributed by atoms with Gasteiger partial charge in [0.2, 0.25) is 5.91 Å². The van der Waals surface area contributed by atoms with E-state index >= 15 is 0 Å². The van der Waals surface area contributed by atoms with E-state index in [9.17, 15) is 9.18 Å². The van der Waals surface area contributed by atoms with Crippen LogP contribution in [0.4, 0.5) is 15.8 Å². The summed E-state index contributed by atoms with van der Waals surface area (Å²) in [6.07, 6.45) is 1.88. The lowest BCUT2D eigenvalue weighted by Crippen LogP contribution is -2.32. The zero-order chi connectivity index (χ0) is 18.0. The Morgan fingerprint density at radius 1 is 1.16 bits per heavy atom. The molecule has 1 aliphatic carbocycles. The van der Waals surface area contributed by atoms with E-state index in [-0.39, 0.29) is 17.6 Å². The number of halogens is 1. The van der Waals surface area contributed by atoms with Gasteiger partial charge in [0.15, 0.2) is 0 Å². The molecule has 2 aromatic carbocycles. The Balaban J connectivity index is 1.87. The molecule has 5 heteroatoms. The number of hydrogen-bond donors (Lipinski definition) is 1. The number of amides is 1. The van der Waals surface area contributed by atoms with E-state index in [2.05, 4.69) is 0 Å². The minimum absolute atomic E-state index is 0.109. The van der Waals surface area contributed by atoms with Gasteiger partial charge in [0.1, 0.15) is 5.82 Å². The number of benzene rings is 2. The third-order valence-corrected chi connectivity index (χ3v) is 4.45. The molecule has 2 aromatic rings. The van der Waals surface area contributed by atoms with Crippen molar-refractivity contribution >= 4 is 17.3 Å². The summed E-state index contributed by atoms with van der Waals surface area (Å²) in [7, 11) is 3.93. The lowest BCUT2D eigenvalue weighted by molar-refractivity contribution is -0.133. The first-order valence-electron chi connectivity index (χ1n) is 8.53. The van der Waals surface area contributed by atoms with E-state index in [4.69, 9.17) is 5.73 Å². The highest BCUT2D eigenvalue weighted by Crippen LogP contribution is 2.33. The molecule has 1 aliphatic rings. The lowest BCUT2D eigenvalue weighted by Gasteiger charge is -2.26. The molecule has 0 aliphatic heterocycles. The molecule has 0 aromatic heterocycles. The highest BCUT2D eigenvalue weighted by atomic mass is 19.1. The molecule has 25 heavy (non-hydrogen) atoms. The summed E-state index contributed by atoms with van der Waals surface area (Å²) >= 11 is 0. The first-order valence-corrected chi connectivity index (χ1v) is 8.53. The summed E-state index contributed by atoms with van der Waals surface area (Å²) in [5.74, 6) is -0.0388. The first kappa shape index (κ1) is 17.3. The Hall–Kier alpha value is -2.56. The highest BCUT2D eigenvalue weighted by Gasteiger charge is 2.33. The van der Waals surface area contributed by atoms with Crippen molar-refractivity contribution in [3.8, 4) is 0 Å². The molecule has 1 fully saturated rings. The molecule has 1 amide bonds. The van der Waals surface area contributed by atoms with Crippen molar-refractivity contribution in [2.75, 3.05) is 24.7 Å². The van der Waals surface area contributed by atoms with Gasteiger partial charge in [-0.3, -0.25) is 4.79 Å². The quantitative estimate of drug-likeness (QED) is 0.819. The van der Waals surface area contributed by atoms with Crippen LogP contribution >= 0.6 is 0 Å². The molecule has 0 heterocycles. The Kier molecular flexibility index (Phi) is 4.93. The van der Waals surface area contributed by atoms with Gasteiger partial charge in [-0.05, 0) is 54.3 Å². The van der Waals surface area contributed by atoms with Crippen LogP contribution in [0.15, 0.2) is 42.5 Å². The van der Waals surface area contributed by atoms with Crippen LogP contribution in [0.1, 0.15) is 24.0 Å². The summed E-state index contributed by atoms with van der Waals surface area (Å²) < 4.78 is 13.5. The zero-order valence-corrected chi connectivity index (χ0v) is 14.7. The lowest BCUT2D eigenvalue weighted by atomic mass is 10.1. The Morgan fingerprint density at radius 2 is 1.92 bits per heavy atom. The van der Waals surface area contributed by atoms with E-state index in [1.165, 1.54) is 12.1 Å². The summed E-state index contributed by atoms with van der Waals surface area (Å²) in [4.78, 5) is 16.6. The summed E-state index contributed by atoms with van der Waals surface area (Å²) in [6.45, 7) is 0.860. The van der Waals surface area contributed by atoms with Gasteiger partial charge in [-0.2, -0.15) is 0 Å². The van der Waals surface area contributed by atoms with E-state index in [1.54, 1.807) is 6.07 Å². The van der Waals surface area contributed by atoms with Crippen LogP contribution in [0.2, 0.25) is 0 Å². The van der Waals surface area contributed by atoms with Gasteiger partial charge in [-0.25, -0.2) is 4.39 Å². The number of carbonyl (C=O) groups is 1. The van der Waals surface area contributed by atoms with Crippen LogP contribution in [-0.4, -0.2) is 24.9 Å². The second kappa shape index (κ2) is 7.13. The van der Waals surface area contributed by atoms with E-state index in [0.717, 1.165) is 29.7 Å². The van der Waals surface area contributed by atoms with Gasteiger partial charge in [0.05, 0.1) is 0 Å². The SMILES string of the molecule is CN(C)c1ccc(N)cc1CN(Cc1cccc(F)c1)C(=O)C1CC1. The van der Waals surface area contributed by atoms with Crippen molar-refractivity contribution in [2.45, 2.75) is 25.9 Å². The molecule has 3 rings (SSSR count). The monoisotopic (exact) mass is 341 g/mol. The fourth-order valence-electron chi connectivity index (χ4n) is 3.03. The molecule has 0 bridgehead atoms. The van der Waals surface area contributed by atoms with Gasteiger partial charge in [0, 0.05) is 44.5 Å². The molecule has 1 saturated carbocycles. The van der Waals surface area contributed by atoms with E-state index < -0.39 is 0 Å². The number of hydrogen-bond acceptors (Lipinski definition) is 3. The normalized spacial score (nSPS) is 13.6. The van der Waals surface area contributed by atoms with Crippen molar-refractivity contribution in [3.63, 3.8) is 0 Å². The van der Waals surface area contributed by atoms with Gasteiger partial charge < -0.3 is 15.5 Å².